The lowest BCUT2D eigenvalue weighted by Gasteiger charge is -2.14. The van der Waals surface area contributed by atoms with E-state index in [1.54, 1.807) is 0 Å². The monoisotopic (exact) mass is 389 g/mol. The molecule has 0 amide bonds. The Hall–Kier alpha value is -0.420. The summed E-state index contributed by atoms with van der Waals surface area (Å²) in [6, 6.07) is 8.09. The van der Waals surface area contributed by atoms with Gasteiger partial charge in [0, 0.05) is 16.7 Å². The van der Waals surface area contributed by atoms with Gasteiger partial charge in [-0.05, 0) is 37.2 Å². The minimum absolute atomic E-state index is 0. The van der Waals surface area contributed by atoms with Crippen LogP contribution in [0.25, 0.3) is 0 Å². The molecular weight excluding hydrogens is 354 g/mol. The van der Waals surface area contributed by atoms with Crippen molar-refractivity contribution in [1.82, 2.24) is 5.32 Å². The van der Waals surface area contributed by atoms with E-state index in [1.165, 1.54) is 43.4 Å². The maximum Gasteiger partial charge on any atom is 0.119 e. The highest BCUT2D eigenvalue weighted by molar-refractivity contribution is 7.99. The van der Waals surface area contributed by atoms with Gasteiger partial charge in [-0.3, -0.25) is 0 Å². The summed E-state index contributed by atoms with van der Waals surface area (Å²) in [6.07, 6.45) is 7.32. The van der Waals surface area contributed by atoms with Gasteiger partial charge < -0.3 is 15.2 Å². The minimum Gasteiger partial charge on any atom is -0.491 e. The molecule has 0 bridgehead atoms. The first-order valence-corrected chi connectivity index (χ1v) is 10.3. The van der Waals surface area contributed by atoms with Crippen LogP contribution in [-0.4, -0.2) is 36.2 Å². The summed E-state index contributed by atoms with van der Waals surface area (Å²) in [5.74, 6) is 0.818. The van der Waals surface area contributed by atoms with Gasteiger partial charge >= 0.3 is 0 Å². The number of nitrogens with one attached hydrogen (secondary N) is 1. The third-order valence-electron chi connectivity index (χ3n) is 3.72. The number of hydrogen-bond donors (Lipinski definition) is 2. The van der Waals surface area contributed by atoms with Crippen molar-refractivity contribution < 1.29 is 9.84 Å². The summed E-state index contributed by atoms with van der Waals surface area (Å²) in [7, 11) is 0. The Balaban J connectivity index is 0.00000576. The Morgan fingerprint density at radius 2 is 1.68 bits per heavy atom. The summed E-state index contributed by atoms with van der Waals surface area (Å²) in [5, 5.41) is 13.9. The Labute approximate surface area is 164 Å². The molecule has 146 valence electrons. The van der Waals surface area contributed by atoms with Crippen LogP contribution in [0.15, 0.2) is 29.2 Å². The van der Waals surface area contributed by atoms with Crippen LogP contribution in [0.1, 0.15) is 59.3 Å². The zero-order chi connectivity index (χ0) is 17.6. The lowest BCUT2D eigenvalue weighted by Crippen LogP contribution is -2.32. The van der Waals surface area contributed by atoms with Gasteiger partial charge in [0.2, 0.25) is 0 Å². The van der Waals surface area contributed by atoms with Crippen LogP contribution in [0, 0.1) is 0 Å². The van der Waals surface area contributed by atoms with Crippen molar-refractivity contribution >= 4 is 24.2 Å². The molecule has 25 heavy (non-hydrogen) atoms. The van der Waals surface area contributed by atoms with E-state index < -0.39 is 6.10 Å². The molecule has 0 spiro atoms. The summed E-state index contributed by atoms with van der Waals surface area (Å²) in [5.41, 5.74) is 0. The highest BCUT2D eigenvalue weighted by atomic mass is 35.5. The third-order valence-corrected chi connectivity index (χ3v) is 4.74. The number of ether oxygens (including phenoxy) is 1. The summed E-state index contributed by atoms with van der Waals surface area (Å²) < 4.78 is 5.65. The van der Waals surface area contributed by atoms with Crippen LogP contribution in [0.4, 0.5) is 0 Å². The highest BCUT2D eigenvalue weighted by Crippen LogP contribution is 2.24. The van der Waals surface area contributed by atoms with Crippen molar-refractivity contribution in [3.8, 4) is 5.75 Å². The Bertz CT molecular complexity index is 415. The summed E-state index contributed by atoms with van der Waals surface area (Å²) in [6.45, 7) is 8.51. The van der Waals surface area contributed by atoms with Crippen LogP contribution in [0.5, 0.6) is 5.75 Å². The molecule has 1 rings (SSSR count). The van der Waals surface area contributed by atoms with E-state index in [0.717, 1.165) is 12.3 Å². The number of hydrogen-bond acceptors (Lipinski definition) is 4. The first kappa shape index (κ1) is 24.6. The van der Waals surface area contributed by atoms with Crippen molar-refractivity contribution in [2.75, 3.05) is 19.7 Å². The Kier molecular flexibility index (Phi) is 15.5. The van der Waals surface area contributed by atoms with E-state index in [-0.39, 0.29) is 12.4 Å². The maximum atomic E-state index is 9.97. The standard InChI is InChI=1S/C20H35NO2S.ClH/c1-4-5-6-7-8-9-14-21-15-18(22)16-23-19-10-12-20(13-11-19)24-17(2)3;/h10-13,17-18,21-22H,4-9,14-16H2,1-3H3;1H. The van der Waals surface area contributed by atoms with Gasteiger partial charge in [0.15, 0.2) is 0 Å². The number of aliphatic hydroxyl groups is 1. The number of unbranched alkanes of at least 4 members (excludes halogenated alkanes) is 5. The van der Waals surface area contributed by atoms with Gasteiger partial charge in [-0.25, -0.2) is 0 Å². The lowest BCUT2D eigenvalue weighted by molar-refractivity contribution is 0.106. The van der Waals surface area contributed by atoms with Gasteiger partial charge in [-0.15, -0.1) is 24.2 Å². The highest BCUT2D eigenvalue weighted by Gasteiger charge is 2.05. The number of rotatable bonds is 14. The van der Waals surface area contributed by atoms with Crippen molar-refractivity contribution in [2.24, 2.45) is 0 Å². The Morgan fingerprint density at radius 1 is 1.04 bits per heavy atom. The van der Waals surface area contributed by atoms with Crippen molar-refractivity contribution in [2.45, 2.75) is 75.5 Å². The molecule has 1 unspecified atom stereocenters. The van der Waals surface area contributed by atoms with E-state index in [0.29, 0.717) is 18.4 Å². The Morgan fingerprint density at radius 3 is 2.32 bits per heavy atom. The molecule has 1 aromatic rings. The number of thioether (sulfide) groups is 1. The molecule has 3 nitrogen and oxygen atoms in total. The zero-order valence-corrected chi connectivity index (χ0v) is 17.6. The van der Waals surface area contributed by atoms with Crippen LogP contribution in [-0.2, 0) is 0 Å². The predicted octanol–water partition coefficient (Wildman–Crippen LogP) is 5.30. The lowest BCUT2D eigenvalue weighted by atomic mass is 10.1. The van der Waals surface area contributed by atoms with E-state index in [9.17, 15) is 5.11 Å². The maximum absolute atomic E-state index is 9.97. The molecule has 2 N–H and O–H groups in total. The second kappa shape index (κ2) is 15.8. The molecule has 1 aromatic carbocycles. The van der Waals surface area contributed by atoms with Gasteiger partial charge in [0.25, 0.3) is 0 Å². The molecule has 0 saturated carbocycles. The van der Waals surface area contributed by atoms with E-state index >= 15 is 0 Å². The molecule has 0 radical (unpaired) electrons. The van der Waals surface area contributed by atoms with E-state index in [4.69, 9.17) is 4.74 Å². The number of halogens is 1. The topological polar surface area (TPSA) is 41.5 Å². The fourth-order valence-electron chi connectivity index (χ4n) is 2.44. The quantitative estimate of drug-likeness (QED) is 0.334. The average Bonchev–Trinajstić information content (AvgIpc) is 2.56. The van der Waals surface area contributed by atoms with Gasteiger partial charge in [0.05, 0.1) is 0 Å². The molecule has 0 aromatic heterocycles. The molecule has 1 atom stereocenters. The van der Waals surface area contributed by atoms with Crippen LogP contribution in [0.3, 0.4) is 0 Å². The first-order chi connectivity index (χ1) is 11.6. The van der Waals surface area contributed by atoms with Gasteiger partial charge in [-0.1, -0.05) is 52.9 Å². The normalized spacial score (nSPS) is 12.0. The van der Waals surface area contributed by atoms with Gasteiger partial charge in [-0.2, -0.15) is 0 Å². The largest absolute Gasteiger partial charge is 0.491 e. The van der Waals surface area contributed by atoms with Crippen molar-refractivity contribution in [1.29, 1.82) is 0 Å². The summed E-state index contributed by atoms with van der Waals surface area (Å²) >= 11 is 1.84. The van der Waals surface area contributed by atoms with E-state index in [1.807, 2.05) is 23.9 Å². The zero-order valence-electron chi connectivity index (χ0n) is 16.0. The van der Waals surface area contributed by atoms with Crippen molar-refractivity contribution in [3.63, 3.8) is 0 Å². The van der Waals surface area contributed by atoms with E-state index in [2.05, 4.69) is 38.2 Å². The minimum atomic E-state index is -0.463. The third kappa shape index (κ3) is 13.4. The molecule has 0 fully saturated rings. The molecule has 0 aliphatic heterocycles. The number of aliphatic hydroxyl groups excluding tert-OH is 1. The SMILES string of the molecule is CCCCCCCCNCC(O)COc1ccc(SC(C)C)cc1.Cl. The van der Waals surface area contributed by atoms with Gasteiger partial charge in [0.1, 0.15) is 18.5 Å². The fraction of sp³-hybridized carbons (Fsp3) is 0.700. The first-order valence-electron chi connectivity index (χ1n) is 9.40. The van der Waals surface area contributed by atoms with Crippen LogP contribution in [0.2, 0.25) is 0 Å². The van der Waals surface area contributed by atoms with Crippen LogP contribution < -0.4 is 10.1 Å². The molecule has 0 heterocycles. The second-order valence-electron chi connectivity index (χ2n) is 6.57. The smallest absolute Gasteiger partial charge is 0.119 e. The molecule has 0 aliphatic carbocycles. The van der Waals surface area contributed by atoms with Crippen molar-refractivity contribution in [3.05, 3.63) is 24.3 Å². The molecule has 5 heteroatoms. The van der Waals surface area contributed by atoms with Crippen LogP contribution >= 0.6 is 24.2 Å². The average molecular weight is 390 g/mol. The molecule has 0 saturated heterocycles. The fourth-order valence-corrected chi connectivity index (χ4v) is 3.27. The molecule has 0 aliphatic rings. The number of benzene rings is 1. The summed E-state index contributed by atoms with van der Waals surface area (Å²) in [4.78, 5) is 1.25. The molecular formula is C20H36ClNO2S. The second-order valence-corrected chi connectivity index (χ2v) is 8.22. The predicted molar refractivity (Wildman–Crippen MR) is 112 cm³/mol.